The van der Waals surface area contributed by atoms with E-state index in [9.17, 15) is 14.0 Å². The molecule has 1 heterocycles. The summed E-state index contributed by atoms with van der Waals surface area (Å²) in [5, 5.41) is 9.84. The molecule has 0 spiro atoms. The first-order valence-electron chi connectivity index (χ1n) is 10.8. The summed E-state index contributed by atoms with van der Waals surface area (Å²) in [7, 11) is 0. The number of nitrogens with one attached hydrogen (secondary N) is 2. The molecule has 0 aliphatic carbocycles. The van der Waals surface area contributed by atoms with Gasteiger partial charge in [-0.1, -0.05) is 23.7 Å². The number of carbonyl (C=O) groups is 2. The molecule has 10 heteroatoms. The second-order valence-electron chi connectivity index (χ2n) is 8.49. The standard InChI is InChI=1S/C25H26ClFN4O4/c1-25(2,3)35-24(33)30-22-7-5-4-6-21(22)29-23(32)9-8-17-15-28-31(16-17)10-11-34-20-13-18(26)12-19(27)14-20/h4-9,12-16H,10-11H2,1-3H3,(H,29,32)(H,30,33)/b9-8+. The molecule has 0 radical (unpaired) electrons. The lowest BCUT2D eigenvalue weighted by molar-refractivity contribution is -0.111. The number of hydrogen-bond donors (Lipinski definition) is 2. The third kappa shape index (κ3) is 8.78. The fourth-order valence-electron chi connectivity index (χ4n) is 2.92. The van der Waals surface area contributed by atoms with Crippen molar-refractivity contribution in [3.8, 4) is 5.75 Å². The first-order valence-corrected chi connectivity index (χ1v) is 11.1. The number of aromatic nitrogens is 2. The van der Waals surface area contributed by atoms with Crippen LogP contribution in [0, 0.1) is 5.82 Å². The SMILES string of the molecule is CC(C)(C)OC(=O)Nc1ccccc1NC(=O)/C=C/c1cnn(CCOc2cc(F)cc(Cl)c2)c1. The number of benzene rings is 2. The second-order valence-corrected chi connectivity index (χ2v) is 8.92. The van der Waals surface area contributed by atoms with Crippen molar-refractivity contribution in [2.45, 2.75) is 32.9 Å². The topological polar surface area (TPSA) is 94.5 Å². The number of rotatable bonds is 8. The molecule has 3 rings (SSSR count). The van der Waals surface area contributed by atoms with Crippen LogP contribution in [0.2, 0.25) is 5.02 Å². The number of anilines is 2. The Bertz CT molecular complexity index is 1200. The lowest BCUT2D eigenvalue weighted by Gasteiger charge is -2.20. The van der Waals surface area contributed by atoms with Crippen LogP contribution in [-0.4, -0.2) is 34.0 Å². The van der Waals surface area contributed by atoms with E-state index in [1.165, 1.54) is 24.3 Å². The highest BCUT2D eigenvalue weighted by atomic mass is 35.5. The number of ether oxygens (including phenoxy) is 2. The number of para-hydroxylation sites is 2. The summed E-state index contributed by atoms with van der Waals surface area (Å²) in [6, 6.07) is 10.8. The normalized spacial score (nSPS) is 11.3. The van der Waals surface area contributed by atoms with Gasteiger partial charge in [-0.15, -0.1) is 0 Å². The van der Waals surface area contributed by atoms with Crippen molar-refractivity contribution in [3.63, 3.8) is 0 Å². The van der Waals surface area contributed by atoms with Crippen molar-refractivity contribution in [2.24, 2.45) is 0 Å². The Kier molecular flexibility index (Phi) is 8.48. The van der Waals surface area contributed by atoms with E-state index in [1.54, 1.807) is 68.2 Å². The largest absolute Gasteiger partial charge is 0.492 e. The maximum absolute atomic E-state index is 13.4. The summed E-state index contributed by atoms with van der Waals surface area (Å²) >= 11 is 5.81. The van der Waals surface area contributed by atoms with Crippen molar-refractivity contribution in [3.05, 3.63) is 77.3 Å². The predicted octanol–water partition coefficient (Wildman–Crippen LogP) is 5.75. The minimum absolute atomic E-state index is 0.256. The summed E-state index contributed by atoms with van der Waals surface area (Å²) in [4.78, 5) is 24.5. The van der Waals surface area contributed by atoms with E-state index in [2.05, 4.69) is 15.7 Å². The van der Waals surface area contributed by atoms with Crippen LogP contribution in [0.1, 0.15) is 26.3 Å². The van der Waals surface area contributed by atoms with Gasteiger partial charge in [0.2, 0.25) is 5.91 Å². The van der Waals surface area contributed by atoms with Crippen LogP contribution < -0.4 is 15.4 Å². The fourth-order valence-corrected chi connectivity index (χ4v) is 3.13. The zero-order chi connectivity index (χ0) is 25.4. The van der Waals surface area contributed by atoms with Crippen molar-refractivity contribution >= 4 is 41.1 Å². The van der Waals surface area contributed by atoms with Gasteiger partial charge in [0.1, 0.15) is 23.8 Å². The molecule has 0 bridgehead atoms. The number of halogens is 2. The molecule has 0 aliphatic heterocycles. The zero-order valence-electron chi connectivity index (χ0n) is 19.5. The molecule has 0 fully saturated rings. The van der Waals surface area contributed by atoms with Crippen LogP contribution in [0.4, 0.5) is 20.6 Å². The third-order valence-electron chi connectivity index (χ3n) is 4.33. The smallest absolute Gasteiger partial charge is 0.412 e. The van der Waals surface area contributed by atoms with Gasteiger partial charge >= 0.3 is 6.09 Å². The maximum Gasteiger partial charge on any atom is 0.412 e. The van der Waals surface area contributed by atoms with Gasteiger partial charge in [-0.25, -0.2) is 9.18 Å². The van der Waals surface area contributed by atoms with E-state index in [-0.39, 0.29) is 17.5 Å². The first-order chi connectivity index (χ1) is 16.6. The van der Waals surface area contributed by atoms with E-state index in [0.717, 1.165) is 0 Å². The van der Waals surface area contributed by atoms with Crippen LogP contribution in [0.5, 0.6) is 5.75 Å². The van der Waals surface area contributed by atoms with Gasteiger partial charge in [0, 0.05) is 28.9 Å². The molecule has 0 saturated carbocycles. The highest BCUT2D eigenvalue weighted by Gasteiger charge is 2.17. The maximum atomic E-state index is 13.4. The number of carbonyl (C=O) groups excluding carboxylic acids is 2. The molecule has 3 aromatic rings. The van der Waals surface area contributed by atoms with E-state index < -0.39 is 17.5 Å². The van der Waals surface area contributed by atoms with Crippen molar-refractivity contribution in [1.29, 1.82) is 0 Å². The van der Waals surface area contributed by atoms with Gasteiger partial charge in [0.15, 0.2) is 0 Å². The molecule has 8 nitrogen and oxygen atoms in total. The molecule has 1 aromatic heterocycles. The summed E-state index contributed by atoms with van der Waals surface area (Å²) < 4.78 is 25.8. The van der Waals surface area contributed by atoms with Crippen LogP contribution in [-0.2, 0) is 16.1 Å². The number of amides is 2. The lowest BCUT2D eigenvalue weighted by Crippen LogP contribution is -2.27. The summed E-state index contributed by atoms with van der Waals surface area (Å²) in [5.74, 6) is -0.525. The highest BCUT2D eigenvalue weighted by Crippen LogP contribution is 2.22. The van der Waals surface area contributed by atoms with Crippen LogP contribution >= 0.6 is 11.6 Å². The average molecular weight is 501 g/mol. The quantitative estimate of drug-likeness (QED) is 0.384. The fraction of sp³-hybridized carbons (Fsp3) is 0.240. The Morgan fingerprint density at radius 3 is 2.54 bits per heavy atom. The summed E-state index contributed by atoms with van der Waals surface area (Å²) in [6.45, 7) is 5.96. The van der Waals surface area contributed by atoms with Gasteiger partial charge in [-0.05, 0) is 51.1 Å². The molecule has 35 heavy (non-hydrogen) atoms. The zero-order valence-corrected chi connectivity index (χ0v) is 20.3. The molecule has 0 atom stereocenters. The molecule has 0 aliphatic rings. The van der Waals surface area contributed by atoms with Crippen molar-refractivity contribution < 1.29 is 23.5 Å². The Labute approximate surface area is 207 Å². The van der Waals surface area contributed by atoms with Crippen LogP contribution in [0.15, 0.2) is 60.9 Å². The highest BCUT2D eigenvalue weighted by molar-refractivity contribution is 6.30. The van der Waals surface area contributed by atoms with Crippen LogP contribution in [0.25, 0.3) is 6.08 Å². The van der Waals surface area contributed by atoms with Gasteiger partial charge < -0.3 is 14.8 Å². The van der Waals surface area contributed by atoms with Crippen molar-refractivity contribution in [1.82, 2.24) is 9.78 Å². The lowest BCUT2D eigenvalue weighted by atomic mass is 10.2. The minimum Gasteiger partial charge on any atom is -0.492 e. The summed E-state index contributed by atoms with van der Waals surface area (Å²) in [5.41, 5.74) is 0.901. The Morgan fingerprint density at radius 1 is 1.14 bits per heavy atom. The Morgan fingerprint density at radius 2 is 1.86 bits per heavy atom. The van der Waals surface area contributed by atoms with E-state index in [4.69, 9.17) is 21.1 Å². The molecule has 2 amide bonds. The molecular formula is C25H26ClFN4O4. The average Bonchev–Trinajstić information content (AvgIpc) is 3.19. The molecule has 2 aromatic carbocycles. The van der Waals surface area contributed by atoms with E-state index in [1.807, 2.05) is 0 Å². The van der Waals surface area contributed by atoms with Crippen molar-refractivity contribution in [2.75, 3.05) is 17.2 Å². The van der Waals surface area contributed by atoms with E-state index >= 15 is 0 Å². The Hall–Kier alpha value is -3.85. The minimum atomic E-state index is -0.644. The molecule has 2 N–H and O–H groups in total. The van der Waals surface area contributed by atoms with Gasteiger partial charge in [-0.2, -0.15) is 5.10 Å². The molecular weight excluding hydrogens is 475 g/mol. The van der Waals surface area contributed by atoms with Gasteiger partial charge in [-0.3, -0.25) is 14.8 Å². The number of hydrogen-bond acceptors (Lipinski definition) is 5. The van der Waals surface area contributed by atoms with Crippen LogP contribution in [0.3, 0.4) is 0 Å². The predicted molar refractivity (Wildman–Crippen MR) is 133 cm³/mol. The second kappa shape index (κ2) is 11.5. The van der Waals surface area contributed by atoms with E-state index in [0.29, 0.717) is 29.2 Å². The van der Waals surface area contributed by atoms with Gasteiger partial charge in [0.05, 0.1) is 24.1 Å². The number of nitrogens with zero attached hydrogens (tertiary/aromatic N) is 2. The molecule has 0 unspecified atom stereocenters. The third-order valence-corrected chi connectivity index (χ3v) is 4.54. The monoisotopic (exact) mass is 500 g/mol. The molecule has 0 saturated heterocycles. The molecule has 184 valence electrons. The van der Waals surface area contributed by atoms with Gasteiger partial charge in [0.25, 0.3) is 0 Å². The Balaban J connectivity index is 1.52. The summed E-state index contributed by atoms with van der Waals surface area (Å²) in [6.07, 6.45) is 5.68. The first kappa shape index (κ1) is 25.8.